The molecule has 0 radical (unpaired) electrons. The van der Waals surface area contributed by atoms with Gasteiger partial charge in [-0.1, -0.05) is 48.5 Å². The zero-order valence-electron chi connectivity index (χ0n) is 19.9. The first kappa shape index (κ1) is 24.0. The minimum absolute atomic E-state index is 0.0579. The number of hydrogen-bond donors (Lipinski definition) is 0. The number of benzene rings is 2. The van der Waals surface area contributed by atoms with Crippen molar-refractivity contribution < 1.29 is 23.9 Å². The van der Waals surface area contributed by atoms with Crippen LogP contribution in [0.4, 0.5) is 0 Å². The molecule has 2 heterocycles. The van der Waals surface area contributed by atoms with Crippen molar-refractivity contribution in [2.24, 2.45) is 0 Å². The molecule has 180 valence electrons. The number of imide groups is 1. The average molecular weight is 465 g/mol. The molecule has 2 aromatic rings. The van der Waals surface area contributed by atoms with Crippen molar-refractivity contribution in [3.05, 3.63) is 65.7 Å². The Balaban J connectivity index is 1.63. The summed E-state index contributed by atoms with van der Waals surface area (Å²) in [5.41, 5.74) is 0.520. The molecule has 34 heavy (non-hydrogen) atoms. The third-order valence-corrected chi connectivity index (χ3v) is 7.05. The fourth-order valence-corrected chi connectivity index (χ4v) is 5.26. The smallest absolute Gasteiger partial charge is 0.241 e. The molecule has 7 heteroatoms. The lowest BCUT2D eigenvalue weighted by Gasteiger charge is -2.36. The SMILES string of the molecule is COCCN1C(=O)CC(CC(=O)N2CCCC(c3ccccc3)C2)(c2ccccc2OC)C1=O. The largest absolute Gasteiger partial charge is 0.496 e. The molecule has 0 aliphatic carbocycles. The number of methoxy groups -OCH3 is 2. The Hall–Kier alpha value is -3.19. The van der Waals surface area contributed by atoms with E-state index < -0.39 is 5.41 Å². The molecule has 2 saturated heterocycles. The zero-order valence-corrected chi connectivity index (χ0v) is 19.9. The number of nitrogens with zero attached hydrogens (tertiary/aromatic N) is 2. The van der Waals surface area contributed by atoms with E-state index in [9.17, 15) is 14.4 Å². The fraction of sp³-hybridized carbons (Fsp3) is 0.444. The van der Waals surface area contributed by atoms with E-state index in [1.165, 1.54) is 24.7 Å². The van der Waals surface area contributed by atoms with Gasteiger partial charge in [-0.25, -0.2) is 0 Å². The summed E-state index contributed by atoms with van der Waals surface area (Å²) >= 11 is 0. The van der Waals surface area contributed by atoms with Crippen molar-refractivity contribution in [1.82, 2.24) is 9.80 Å². The van der Waals surface area contributed by atoms with Gasteiger partial charge in [0, 0.05) is 44.5 Å². The topological polar surface area (TPSA) is 76.2 Å². The third kappa shape index (κ3) is 4.57. The molecule has 2 aliphatic heterocycles. The predicted molar refractivity (Wildman–Crippen MR) is 127 cm³/mol. The van der Waals surface area contributed by atoms with Gasteiger partial charge in [-0.2, -0.15) is 0 Å². The molecule has 2 aliphatic rings. The number of carbonyl (C=O) groups is 3. The lowest BCUT2D eigenvalue weighted by Crippen LogP contribution is -2.46. The highest BCUT2D eigenvalue weighted by Crippen LogP contribution is 2.44. The predicted octanol–water partition coefficient (Wildman–Crippen LogP) is 3.13. The quantitative estimate of drug-likeness (QED) is 0.561. The Bertz CT molecular complexity index is 1040. The van der Waals surface area contributed by atoms with Crippen molar-refractivity contribution in [2.75, 3.05) is 40.5 Å². The minimum Gasteiger partial charge on any atom is -0.496 e. The number of rotatable bonds is 8. The number of ether oxygens (including phenoxy) is 2. The molecule has 0 N–H and O–H groups in total. The van der Waals surface area contributed by atoms with Crippen LogP contribution in [0.3, 0.4) is 0 Å². The van der Waals surface area contributed by atoms with E-state index >= 15 is 0 Å². The highest BCUT2D eigenvalue weighted by molar-refractivity contribution is 6.11. The number of amides is 3. The van der Waals surface area contributed by atoms with E-state index in [1.807, 2.05) is 35.2 Å². The van der Waals surface area contributed by atoms with E-state index in [0.29, 0.717) is 24.4 Å². The van der Waals surface area contributed by atoms with Gasteiger partial charge in [0.1, 0.15) is 5.75 Å². The van der Waals surface area contributed by atoms with E-state index in [-0.39, 0.29) is 49.6 Å². The first-order valence-electron chi connectivity index (χ1n) is 11.8. The summed E-state index contributed by atoms with van der Waals surface area (Å²) in [6.07, 6.45) is 1.80. The van der Waals surface area contributed by atoms with Crippen LogP contribution in [0.1, 0.15) is 42.7 Å². The molecule has 2 fully saturated rings. The molecule has 2 atom stereocenters. The van der Waals surface area contributed by atoms with Crippen LogP contribution in [0.15, 0.2) is 54.6 Å². The lowest BCUT2D eigenvalue weighted by atomic mass is 9.75. The van der Waals surface area contributed by atoms with Crippen molar-refractivity contribution >= 4 is 17.7 Å². The summed E-state index contributed by atoms with van der Waals surface area (Å²) in [5, 5.41) is 0. The van der Waals surface area contributed by atoms with Gasteiger partial charge in [-0.3, -0.25) is 19.3 Å². The van der Waals surface area contributed by atoms with Gasteiger partial charge < -0.3 is 14.4 Å². The number of piperidine rings is 1. The molecule has 7 nitrogen and oxygen atoms in total. The molecule has 0 saturated carbocycles. The standard InChI is InChI=1S/C27H32N2O5/c1-33-16-15-29-25(31)18-27(26(29)32,22-12-6-7-13-23(22)34-2)17-24(30)28-14-8-11-21(19-28)20-9-4-3-5-10-20/h3-7,9-10,12-13,21H,8,11,14-19H2,1-2H3. The van der Waals surface area contributed by atoms with Gasteiger partial charge in [0.2, 0.25) is 17.7 Å². The molecule has 2 aromatic carbocycles. The van der Waals surface area contributed by atoms with Crippen LogP contribution in [-0.2, 0) is 24.5 Å². The summed E-state index contributed by atoms with van der Waals surface area (Å²) in [6, 6.07) is 17.4. The van der Waals surface area contributed by atoms with E-state index in [0.717, 1.165) is 12.8 Å². The van der Waals surface area contributed by atoms with E-state index in [1.54, 1.807) is 12.1 Å². The van der Waals surface area contributed by atoms with Crippen molar-refractivity contribution in [3.8, 4) is 5.75 Å². The summed E-state index contributed by atoms with van der Waals surface area (Å²) in [7, 11) is 3.06. The maximum atomic E-state index is 13.7. The Morgan fingerprint density at radius 1 is 1.06 bits per heavy atom. The van der Waals surface area contributed by atoms with Gasteiger partial charge in [0.15, 0.2) is 0 Å². The second-order valence-corrected chi connectivity index (χ2v) is 9.07. The summed E-state index contributed by atoms with van der Waals surface area (Å²) in [6.45, 7) is 1.68. The second-order valence-electron chi connectivity index (χ2n) is 9.07. The van der Waals surface area contributed by atoms with Crippen LogP contribution < -0.4 is 4.74 Å². The molecular weight excluding hydrogens is 432 g/mol. The van der Waals surface area contributed by atoms with Crippen molar-refractivity contribution in [3.63, 3.8) is 0 Å². The molecule has 4 rings (SSSR count). The van der Waals surface area contributed by atoms with Crippen LogP contribution >= 0.6 is 0 Å². The Kier molecular flexibility index (Phi) is 7.32. The van der Waals surface area contributed by atoms with Crippen LogP contribution in [0.2, 0.25) is 0 Å². The van der Waals surface area contributed by atoms with Crippen LogP contribution in [-0.4, -0.2) is 68.0 Å². The highest BCUT2D eigenvalue weighted by atomic mass is 16.5. The number of hydrogen-bond acceptors (Lipinski definition) is 5. The second kappa shape index (κ2) is 10.4. The Morgan fingerprint density at radius 3 is 2.53 bits per heavy atom. The molecule has 0 spiro atoms. The minimum atomic E-state index is -1.28. The molecule has 2 unspecified atom stereocenters. The maximum absolute atomic E-state index is 13.7. The monoisotopic (exact) mass is 464 g/mol. The molecule has 3 amide bonds. The Morgan fingerprint density at radius 2 is 1.79 bits per heavy atom. The van der Waals surface area contributed by atoms with Gasteiger partial charge in [-0.15, -0.1) is 0 Å². The molecule has 0 bridgehead atoms. The summed E-state index contributed by atoms with van der Waals surface area (Å²) in [5.74, 6) is 0.0120. The zero-order chi connectivity index (χ0) is 24.1. The summed E-state index contributed by atoms with van der Waals surface area (Å²) in [4.78, 5) is 43.4. The van der Waals surface area contributed by atoms with Gasteiger partial charge >= 0.3 is 0 Å². The van der Waals surface area contributed by atoms with Crippen molar-refractivity contribution in [2.45, 2.75) is 37.0 Å². The highest BCUT2D eigenvalue weighted by Gasteiger charge is 2.55. The molecule has 0 aromatic heterocycles. The van der Waals surface area contributed by atoms with Gasteiger partial charge in [0.05, 0.1) is 25.7 Å². The first-order chi connectivity index (χ1) is 16.5. The maximum Gasteiger partial charge on any atom is 0.241 e. The van der Waals surface area contributed by atoms with Gasteiger partial charge in [-0.05, 0) is 24.5 Å². The normalized spacial score (nSPS) is 22.8. The van der Waals surface area contributed by atoms with Crippen LogP contribution in [0.5, 0.6) is 5.75 Å². The third-order valence-electron chi connectivity index (χ3n) is 7.05. The van der Waals surface area contributed by atoms with E-state index in [2.05, 4.69) is 12.1 Å². The van der Waals surface area contributed by atoms with Crippen LogP contribution in [0.25, 0.3) is 0 Å². The van der Waals surface area contributed by atoms with Crippen LogP contribution in [0, 0.1) is 0 Å². The molecular formula is C27H32N2O5. The fourth-order valence-electron chi connectivity index (χ4n) is 5.26. The number of carbonyl (C=O) groups excluding carboxylic acids is 3. The average Bonchev–Trinajstić information content (AvgIpc) is 3.12. The first-order valence-corrected chi connectivity index (χ1v) is 11.8. The number of likely N-dealkylation sites (tertiary alicyclic amines) is 2. The Labute approximate surface area is 200 Å². The van der Waals surface area contributed by atoms with Crippen molar-refractivity contribution in [1.29, 1.82) is 0 Å². The number of para-hydroxylation sites is 1. The van der Waals surface area contributed by atoms with E-state index in [4.69, 9.17) is 9.47 Å². The summed E-state index contributed by atoms with van der Waals surface area (Å²) < 4.78 is 10.7. The van der Waals surface area contributed by atoms with Gasteiger partial charge in [0.25, 0.3) is 0 Å². The lowest BCUT2D eigenvalue weighted by molar-refractivity contribution is -0.143.